The lowest BCUT2D eigenvalue weighted by molar-refractivity contribution is -0.383. The van der Waals surface area contributed by atoms with E-state index in [4.69, 9.17) is 0 Å². The van der Waals surface area contributed by atoms with Gasteiger partial charge >= 0.3 is 11.8 Å². The van der Waals surface area contributed by atoms with E-state index in [9.17, 15) is 19.7 Å². The van der Waals surface area contributed by atoms with Crippen LogP contribution in [-0.2, 0) is 9.59 Å². The molecule has 0 heterocycles. The number of nitro groups is 1. The highest BCUT2D eigenvalue weighted by Crippen LogP contribution is 2.24. The summed E-state index contributed by atoms with van der Waals surface area (Å²) in [4.78, 5) is 36.8. The monoisotopic (exact) mass is 370 g/mol. The Morgan fingerprint density at radius 2 is 1.59 bits per heavy atom. The fourth-order valence-corrected chi connectivity index (χ4v) is 2.67. The number of aryl methyl sites for hydroxylation is 1. The van der Waals surface area contributed by atoms with Gasteiger partial charge in [0.2, 0.25) is 0 Å². The fraction of sp³-hybridized carbons (Fsp3) is 0.263. The number of para-hydroxylation sites is 2. The molecule has 2 amide bonds. The molecule has 0 saturated carbocycles. The van der Waals surface area contributed by atoms with E-state index in [1.807, 2.05) is 19.1 Å². The number of nitrogens with one attached hydrogen (secondary N) is 2. The van der Waals surface area contributed by atoms with Crippen LogP contribution in [0.5, 0.6) is 0 Å². The van der Waals surface area contributed by atoms with Crippen molar-refractivity contribution in [3.8, 4) is 0 Å². The molecule has 142 valence electrons. The topological polar surface area (TPSA) is 105 Å². The summed E-state index contributed by atoms with van der Waals surface area (Å²) >= 11 is 0. The number of carbonyl (C=O) groups excluding carboxylic acids is 2. The minimum absolute atomic E-state index is 0.0312. The predicted octanol–water partition coefficient (Wildman–Crippen LogP) is 3.33. The molecule has 8 heteroatoms. The van der Waals surface area contributed by atoms with E-state index in [0.717, 1.165) is 24.3 Å². The van der Waals surface area contributed by atoms with Gasteiger partial charge in [-0.05, 0) is 50.6 Å². The third kappa shape index (κ3) is 4.81. The van der Waals surface area contributed by atoms with Crippen molar-refractivity contribution >= 4 is 34.6 Å². The van der Waals surface area contributed by atoms with E-state index in [0.29, 0.717) is 5.69 Å². The number of nitrogens with zero attached hydrogens (tertiary/aromatic N) is 2. The number of rotatable bonds is 6. The van der Waals surface area contributed by atoms with Gasteiger partial charge in [-0.15, -0.1) is 0 Å². The molecule has 0 aliphatic carbocycles. The van der Waals surface area contributed by atoms with Crippen LogP contribution in [0, 0.1) is 17.0 Å². The molecule has 2 aromatic rings. The van der Waals surface area contributed by atoms with E-state index >= 15 is 0 Å². The second-order valence-corrected chi connectivity index (χ2v) is 5.85. The van der Waals surface area contributed by atoms with Crippen LogP contribution in [0.4, 0.5) is 22.7 Å². The van der Waals surface area contributed by atoms with Crippen LogP contribution in [0.1, 0.15) is 19.4 Å². The van der Waals surface area contributed by atoms with Gasteiger partial charge in [0.25, 0.3) is 5.69 Å². The standard InChI is InChI=1S/C19H22N4O4/c1-4-22(5-2)14-10-11-15(13(3)12-14)20-18(24)19(25)21-16-8-6-7-9-17(16)23(26)27/h6-12H,4-5H2,1-3H3,(H,20,24)(H,21,25). The first-order valence-electron chi connectivity index (χ1n) is 8.58. The largest absolute Gasteiger partial charge is 0.372 e. The van der Waals surface area contributed by atoms with Crippen molar-refractivity contribution in [2.45, 2.75) is 20.8 Å². The maximum absolute atomic E-state index is 12.2. The molecule has 0 atom stereocenters. The molecule has 0 fully saturated rings. The van der Waals surface area contributed by atoms with Gasteiger partial charge in [-0.25, -0.2) is 0 Å². The molecule has 2 rings (SSSR count). The second-order valence-electron chi connectivity index (χ2n) is 5.85. The molecule has 0 unspecified atom stereocenters. The maximum atomic E-state index is 12.2. The normalized spacial score (nSPS) is 10.2. The van der Waals surface area contributed by atoms with Crippen molar-refractivity contribution in [2.24, 2.45) is 0 Å². The Bertz CT molecular complexity index is 863. The third-order valence-electron chi connectivity index (χ3n) is 4.14. The molecule has 0 saturated heterocycles. The number of carbonyl (C=O) groups is 2. The molecule has 0 aromatic heterocycles. The quantitative estimate of drug-likeness (QED) is 0.461. The smallest absolute Gasteiger partial charge is 0.314 e. The third-order valence-corrected chi connectivity index (χ3v) is 4.14. The van der Waals surface area contributed by atoms with Crippen molar-refractivity contribution in [1.29, 1.82) is 0 Å². The van der Waals surface area contributed by atoms with Crippen molar-refractivity contribution in [1.82, 2.24) is 0 Å². The molecule has 0 aliphatic rings. The average molecular weight is 370 g/mol. The molecule has 2 aromatic carbocycles. The molecular weight excluding hydrogens is 348 g/mol. The summed E-state index contributed by atoms with van der Waals surface area (Å²) in [5.74, 6) is -1.87. The summed E-state index contributed by atoms with van der Waals surface area (Å²) in [5, 5.41) is 15.8. The second kappa shape index (κ2) is 8.79. The molecule has 0 aliphatic heterocycles. The highest BCUT2D eigenvalue weighted by molar-refractivity contribution is 6.43. The number of nitro benzene ring substituents is 1. The van der Waals surface area contributed by atoms with Crippen molar-refractivity contribution in [3.63, 3.8) is 0 Å². The zero-order valence-electron chi connectivity index (χ0n) is 15.5. The summed E-state index contributed by atoms with van der Waals surface area (Å²) in [6.45, 7) is 7.67. The van der Waals surface area contributed by atoms with Crippen LogP contribution in [0.3, 0.4) is 0 Å². The van der Waals surface area contributed by atoms with Crippen LogP contribution in [0.15, 0.2) is 42.5 Å². The van der Waals surface area contributed by atoms with Gasteiger partial charge in [-0.2, -0.15) is 0 Å². The molecule has 2 N–H and O–H groups in total. The average Bonchev–Trinajstić information content (AvgIpc) is 2.65. The Labute approximate surface area is 157 Å². The minimum atomic E-state index is -0.975. The first kappa shape index (κ1) is 19.9. The molecule has 0 radical (unpaired) electrons. The maximum Gasteiger partial charge on any atom is 0.314 e. The molecule has 0 bridgehead atoms. The van der Waals surface area contributed by atoms with Crippen molar-refractivity contribution in [3.05, 3.63) is 58.1 Å². The van der Waals surface area contributed by atoms with Gasteiger partial charge in [0, 0.05) is 30.5 Å². The summed E-state index contributed by atoms with van der Waals surface area (Å²) < 4.78 is 0. The number of anilines is 3. The Morgan fingerprint density at radius 1 is 1.00 bits per heavy atom. The molecule has 0 spiro atoms. The van der Waals surface area contributed by atoms with E-state index < -0.39 is 16.7 Å². The van der Waals surface area contributed by atoms with Crippen LogP contribution in [0.25, 0.3) is 0 Å². The summed E-state index contributed by atoms with van der Waals surface area (Å²) in [5.41, 5.74) is 2.04. The molecule has 27 heavy (non-hydrogen) atoms. The Kier molecular flexibility index (Phi) is 6.48. The van der Waals surface area contributed by atoms with Crippen LogP contribution in [-0.4, -0.2) is 29.8 Å². The lowest BCUT2D eigenvalue weighted by Gasteiger charge is -2.22. The number of benzene rings is 2. The van der Waals surface area contributed by atoms with Gasteiger partial charge in [-0.3, -0.25) is 19.7 Å². The van der Waals surface area contributed by atoms with Crippen molar-refractivity contribution in [2.75, 3.05) is 28.6 Å². The Hall–Kier alpha value is -3.42. The summed E-state index contributed by atoms with van der Waals surface area (Å²) in [7, 11) is 0. The van der Waals surface area contributed by atoms with Gasteiger partial charge in [0.05, 0.1) is 4.92 Å². The van der Waals surface area contributed by atoms with E-state index in [-0.39, 0.29) is 11.4 Å². The van der Waals surface area contributed by atoms with Gasteiger partial charge in [0.1, 0.15) is 5.69 Å². The first-order valence-corrected chi connectivity index (χ1v) is 8.58. The summed E-state index contributed by atoms with van der Waals surface area (Å²) in [6.07, 6.45) is 0. The van der Waals surface area contributed by atoms with E-state index in [2.05, 4.69) is 29.4 Å². The van der Waals surface area contributed by atoms with Crippen molar-refractivity contribution < 1.29 is 14.5 Å². The van der Waals surface area contributed by atoms with Crippen LogP contribution in [0.2, 0.25) is 0 Å². The van der Waals surface area contributed by atoms with Gasteiger partial charge in [-0.1, -0.05) is 12.1 Å². The predicted molar refractivity (Wildman–Crippen MR) is 105 cm³/mol. The number of hydrogen-bond donors (Lipinski definition) is 2. The lowest BCUT2D eigenvalue weighted by Crippen LogP contribution is -2.29. The van der Waals surface area contributed by atoms with Gasteiger partial charge in [0.15, 0.2) is 0 Å². The Morgan fingerprint density at radius 3 is 2.15 bits per heavy atom. The zero-order chi connectivity index (χ0) is 20.0. The highest BCUT2D eigenvalue weighted by Gasteiger charge is 2.20. The molecular formula is C19H22N4O4. The van der Waals surface area contributed by atoms with E-state index in [1.54, 1.807) is 6.07 Å². The number of amides is 2. The highest BCUT2D eigenvalue weighted by atomic mass is 16.6. The minimum Gasteiger partial charge on any atom is -0.372 e. The molecule has 8 nitrogen and oxygen atoms in total. The van der Waals surface area contributed by atoms with Gasteiger partial charge < -0.3 is 15.5 Å². The SMILES string of the molecule is CCN(CC)c1ccc(NC(=O)C(=O)Nc2ccccc2[N+](=O)[O-])c(C)c1. The lowest BCUT2D eigenvalue weighted by atomic mass is 10.1. The summed E-state index contributed by atoms with van der Waals surface area (Å²) in [6, 6.07) is 11.2. The fourth-order valence-electron chi connectivity index (χ4n) is 2.67. The van der Waals surface area contributed by atoms with E-state index in [1.165, 1.54) is 24.3 Å². The van der Waals surface area contributed by atoms with Crippen LogP contribution < -0.4 is 15.5 Å². The zero-order valence-corrected chi connectivity index (χ0v) is 15.5. The number of hydrogen-bond acceptors (Lipinski definition) is 5. The first-order chi connectivity index (χ1) is 12.9. The Balaban J connectivity index is 2.11. The van der Waals surface area contributed by atoms with Crippen LogP contribution >= 0.6 is 0 Å².